The van der Waals surface area contributed by atoms with Crippen molar-refractivity contribution in [3.63, 3.8) is 0 Å². The Hall–Kier alpha value is -4.46. The molecule has 2 heterocycles. The number of ether oxygens (including phenoxy) is 4. The Morgan fingerprint density at radius 3 is 2.49 bits per heavy atom. The molecule has 0 bridgehead atoms. The molecule has 2 N–H and O–H groups in total. The molecule has 1 amide bonds. The number of rotatable bonds is 23. The predicted molar refractivity (Wildman–Crippen MR) is 232 cm³/mol. The molecule has 0 spiro atoms. The van der Waals surface area contributed by atoms with Gasteiger partial charge in [-0.05, 0) is 84.6 Å². The maximum absolute atomic E-state index is 14.5. The van der Waals surface area contributed by atoms with Crippen molar-refractivity contribution < 1.29 is 43.2 Å². The molecule has 0 radical (unpaired) electrons. The SMILES string of the molecule is C=CCOC12Oc3ccc(OCCN4CC4)cc3C3C(CCCCO)C(CCCCO)C=C(C(=NOCc4ccccc4)CC1N(Cc1ccc(F)cc1)C(=O)OCCCl)C32. The lowest BCUT2D eigenvalue weighted by molar-refractivity contribution is -0.256. The van der Waals surface area contributed by atoms with Gasteiger partial charge in [0.2, 0.25) is 5.79 Å². The van der Waals surface area contributed by atoms with Gasteiger partial charge in [0.1, 0.15) is 43.2 Å². The molecule has 2 fully saturated rings. The molecule has 1 saturated heterocycles. The molecule has 13 heteroatoms. The quantitative estimate of drug-likeness (QED) is 0.0320. The highest BCUT2D eigenvalue weighted by molar-refractivity contribution is 6.18. The van der Waals surface area contributed by atoms with Gasteiger partial charge < -0.3 is 34.0 Å². The highest BCUT2D eigenvalue weighted by Crippen LogP contribution is 2.62. The average molecular weight is 860 g/mol. The fourth-order valence-corrected chi connectivity index (χ4v) is 9.46. The summed E-state index contributed by atoms with van der Waals surface area (Å²) < 4.78 is 40.8. The molecule has 4 aliphatic rings. The van der Waals surface area contributed by atoms with Crippen LogP contribution in [0.1, 0.15) is 67.6 Å². The van der Waals surface area contributed by atoms with Crippen LogP contribution in [0.15, 0.2) is 102 Å². The van der Waals surface area contributed by atoms with Crippen molar-refractivity contribution in [1.29, 1.82) is 0 Å². The summed E-state index contributed by atoms with van der Waals surface area (Å²) in [5.41, 5.74) is 4.17. The van der Waals surface area contributed by atoms with Crippen LogP contribution < -0.4 is 9.47 Å². The number of allylic oxidation sites excluding steroid dienone is 1. The number of carbonyl (C=O) groups is 1. The zero-order chi connectivity index (χ0) is 42.6. The molecule has 3 aromatic rings. The number of amides is 1. The zero-order valence-electron chi connectivity index (χ0n) is 34.8. The molecule has 11 nitrogen and oxygen atoms in total. The van der Waals surface area contributed by atoms with E-state index in [1.165, 1.54) is 12.1 Å². The Balaban J connectivity index is 1.42. The van der Waals surface area contributed by atoms with E-state index < -0.39 is 29.7 Å². The summed E-state index contributed by atoms with van der Waals surface area (Å²) in [6.07, 6.45) is 8.07. The number of alkyl halides is 1. The molecule has 2 aliphatic heterocycles. The first-order valence-corrected chi connectivity index (χ1v) is 22.3. The number of unbranched alkanes of at least 4 members (excludes halogenated alkanes) is 2. The third kappa shape index (κ3) is 10.8. The Bertz CT molecular complexity index is 1960. The van der Waals surface area contributed by atoms with E-state index in [1.54, 1.807) is 23.1 Å². The van der Waals surface area contributed by atoms with Crippen molar-refractivity contribution in [2.75, 3.05) is 58.5 Å². The van der Waals surface area contributed by atoms with E-state index in [4.69, 9.17) is 40.5 Å². The lowest BCUT2D eigenvalue weighted by atomic mass is 9.55. The first-order valence-electron chi connectivity index (χ1n) is 21.7. The smallest absolute Gasteiger partial charge is 0.410 e. The fraction of sp³-hybridized carbons (Fsp3) is 0.500. The summed E-state index contributed by atoms with van der Waals surface area (Å²) in [6, 6.07) is 21.0. The van der Waals surface area contributed by atoms with Crippen LogP contribution in [-0.4, -0.2) is 102 Å². The predicted octanol–water partition coefficient (Wildman–Crippen LogP) is 8.23. The minimum absolute atomic E-state index is 0.0292. The second-order valence-corrected chi connectivity index (χ2v) is 16.7. The van der Waals surface area contributed by atoms with Crippen molar-refractivity contribution >= 4 is 23.4 Å². The number of oxime groups is 1. The molecule has 1 saturated carbocycles. The lowest BCUT2D eigenvalue weighted by Crippen LogP contribution is -2.70. The van der Waals surface area contributed by atoms with Gasteiger partial charge in [-0.15, -0.1) is 18.2 Å². The molecule has 61 heavy (non-hydrogen) atoms. The van der Waals surface area contributed by atoms with Crippen molar-refractivity contribution in [1.82, 2.24) is 9.80 Å². The maximum atomic E-state index is 14.5. The lowest BCUT2D eigenvalue weighted by Gasteiger charge is -2.59. The summed E-state index contributed by atoms with van der Waals surface area (Å²) >= 11 is 6.08. The van der Waals surface area contributed by atoms with Gasteiger partial charge in [-0.1, -0.05) is 72.6 Å². The van der Waals surface area contributed by atoms with Crippen LogP contribution in [0, 0.1) is 23.6 Å². The fourth-order valence-electron chi connectivity index (χ4n) is 9.38. The summed E-state index contributed by atoms with van der Waals surface area (Å²) in [5.74, 6) is -1.08. The van der Waals surface area contributed by atoms with Gasteiger partial charge in [0, 0.05) is 57.3 Å². The van der Waals surface area contributed by atoms with E-state index in [2.05, 4.69) is 23.6 Å². The number of hydrogen-bond donors (Lipinski definition) is 2. The Morgan fingerprint density at radius 2 is 1.77 bits per heavy atom. The monoisotopic (exact) mass is 859 g/mol. The molecule has 7 rings (SSSR count). The topological polar surface area (TPSA) is 122 Å². The van der Waals surface area contributed by atoms with Crippen molar-refractivity contribution in [2.24, 2.45) is 22.9 Å². The van der Waals surface area contributed by atoms with Gasteiger partial charge in [0.05, 0.1) is 24.1 Å². The number of fused-ring (bicyclic) bond motifs is 2. The summed E-state index contributed by atoms with van der Waals surface area (Å²) in [6.45, 7) is 8.11. The zero-order valence-corrected chi connectivity index (χ0v) is 35.6. The van der Waals surface area contributed by atoms with E-state index in [0.29, 0.717) is 36.5 Å². The maximum Gasteiger partial charge on any atom is 0.410 e. The van der Waals surface area contributed by atoms with E-state index >= 15 is 0 Å². The van der Waals surface area contributed by atoms with Crippen molar-refractivity contribution in [3.8, 4) is 11.5 Å². The van der Waals surface area contributed by atoms with Crippen molar-refractivity contribution in [2.45, 2.75) is 75.8 Å². The van der Waals surface area contributed by atoms with Crippen LogP contribution in [0.2, 0.25) is 0 Å². The molecule has 6 atom stereocenters. The van der Waals surface area contributed by atoms with E-state index in [1.807, 2.05) is 42.5 Å². The minimum Gasteiger partial charge on any atom is -0.492 e. The Kier molecular flexibility index (Phi) is 15.8. The molecular formula is C48H59ClFN3O8. The Morgan fingerprint density at radius 1 is 1.00 bits per heavy atom. The number of aliphatic hydroxyl groups is 2. The second-order valence-electron chi connectivity index (χ2n) is 16.3. The van der Waals surface area contributed by atoms with Crippen LogP contribution >= 0.6 is 11.6 Å². The standard InChI is InChI=1S/C48H59ClFN3O8/c1-2-26-59-48-44(53(47(56)58-27-20-49)32-34-14-16-37(50)17-15-34)31-42(51-60-33-35-10-4-3-5-11-35)40-29-36(12-6-8-24-54)39(13-7-9-25-55)45(46(40)48)41-30-38(18-19-43(41)61-48)57-28-23-52-21-22-52/h2-5,10-11,14-19,29-30,36,39,44-46,54-55H,1,6-9,12-13,20-28,31-33H2. The molecular weight excluding hydrogens is 801 g/mol. The highest BCUT2D eigenvalue weighted by atomic mass is 35.5. The average Bonchev–Trinajstić information content (AvgIpc) is 4.11. The minimum atomic E-state index is -1.50. The summed E-state index contributed by atoms with van der Waals surface area (Å²) in [5, 5.41) is 24.8. The molecule has 2 aliphatic carbocycles. The van der Waals surface area contributed by atoms with Gasteiger partial charge in [-0.3, -0.25) is 9.80 Å². The third-order valence-electron chi connectivity index (χ3n) is 12.3. The summed E-state index contributed by atoms with van der Waals surface area (Å²) in [7, 11) is 0. The van der Waals surface area contributed by atoms with Gasteiger partial charge >= 0.3 is 6.09 Å². The van der Waals surface area contributed by atoms with Crippen molar-refractivity contribution in [3.05, 3.63) is 120 Å². The van der Waals surface area contributed by atoms with Gasteiger partial charge in [-0.25, -0.2) is 9.18 Å². The van der Waals surface area contributed by atoms with Gasteiger partial charge in [-0.2, -0.15) is 0 Å². The third-order valence-corrected chi connectivity index (χ3v) is 12.4. The van der Waals surface area contributed by atoms with Crippen LogP contribution in [0.3, 0.4) is 0 Å². The van der Waals surface area contributed by atoms with E-state index in [-0.39, 0.29) is 69.6 Å². The number of aliphatic hydroxyl groups excluding tert-OH is 2. The summed E-state index contributed by atoms with van der Waals surface area (Å²) in [4.78, 5) is 24.6. The number of nitrogens with zero attached hydrogens (tertiary/aromatic N) is 3. The van der Waals surface area contributed by atoms with E-state index in [9.17, 15) is 19.4 Å². The first kappa shape index (κ1) is 44.6. The molecule has 328 valence electrons. The Labute approximate surface area is 363 Å². The van der Waals surface area contributed by atoms with E-state index in [0.717, 1.165) is 67.8 Å². The van der Waals surface area contributed by atoms with Crippen LogP contribution in [0.4, 0.5) is 9.18 Å². The van der Waals surface area contributed by atoms with Gasteiger partial charge in [0.25, 0.3) is 0 Å². The van der Waals surface area contributed by atoms with Gasteiger partial charge in [0.15, 0.2) is 0 Å². The number of hydrogen-bond acceptors (Lipinski definition) is 10. The number of halogens is 2. The molecule has 0 aromatic heterocycles. The largest absolute Gasteiger partial charge is 0.492 e. The second kappa shape index (κ2) is 21.6. The highest BCUT2D eigenvalue weighted by Gasteiger charge is 2.65. The number of benzene rings is 3. The molecule has 6 unspecified atom stereocenters. The molecule has 3 aromatic carbocycles. The van der Waals surface area contributed by atoms with Crippen LogP contribution in [0.5, 0.6) is 11.5 Å². The van der Waals surface area contributed by atoms with Crippen LogP contribution in [-0.2, 0) is 27.5 Å². The number of carbonyl (C=O) groups excluding carboxylic acids is 1. The van der Waals surface area contributed by atoms with Crippen LogP contribution in [0.25, 0.3) is 0 Å². The normalized spacial score (nSPS) is 24.5. The first-order chi connectivity index (χ1) is 29.9.